The van der Waals surface area contributed by atoms with E-state index >= 15 is 0 Å². The largest absolute Gasteiger partial charge is 0.334 e. The molecule has 1 aliphatic heterocycles. The maximum Gasteiger partial charge on any atom is 0.254 e. The summed E-state index contributed by atoms with van der Waals surface area (Å²) in [5.74, 6) is 0.150. The minimum atomic E-state index is -0.00664. The number of hydrogen-bond acceptors (Lipinski definition) is 1. The van der Waals surface area contributed by atoms with Crippen LogP contribution in [0.5, 0.6) is 0 Å². The van der Waals surface area contributed by atoms with E-state index in [0.717, 1.165) is 35.0 Å². The van der Waals surface area contributed by atoms with Crippen molar-refractivity contribution in [3.63, 3.8) is 0 Å². The summed E-state index contributed by atoms with van der Waals surface area (Å²) >= 11 is 3.45. The Hall–Kier alpha value is -0.830. The summed E-state index contributed by atoms with van der Waals surface area (Å²) in [5, 5.41) is 0. The molecule has 0 saturated carbocycles. The van der Waals surface area contributed by atoms with Crippen LogP contribution >= 0.6 is 15.9 Å². The lowest BCUT2D eigenvalue weighted by Crippen LogP contribution is -2.42. The van der Waals surface area contributed by atoms with Gasteiger partial charge in [-0.05, 0) is 57.4 Å². The van der Waals surface area contributed by atoms with Gasteiger partial charge < -0.3 is 4.90 Å². The summed E-state index contributed by atoms with van der Waals surface area (Å²) in [6.07, 6.45) is 2.19. The number of halogens is 1. The highest BCUT2D eigenvalue weighted by atomic mass is 79.9. The third-order valence-corrected chi connectivity index (χ3v) is 3.89. The number of likely N-dealkylation sites (tertiary alicyclic amines) is 1. The fraction of sp³-hybridized carbons (Fsp3) is 0.500. The van der Waals surface area contributed by atoms with E-state index in [-0.39, 0.29) is 11.4 Å². The van der Waals surface area contributed by atoms with Crippen LogP contribution in [0, 0.1) is 6.92 Å². The molecule has 1 aliphatic rings. The van der Waals surface area contributed by atoms with Crippen LogP contribution in [0.4, 0.5) is 0 Å². The van der Waals surface area contributed by atoms with E-state index in [2.05, 4.69) is 29.8 Å². The van der Waals surface area contributed by atoms with Gasteiger partial charge in [0.15, 0.2) is 0 Å². The second-order valence-electron chi connectivity index (χ2n) is 5.39. The molecule has 1 aromatic rings. The van der Waals surface area contributed by atoms with Gasteiger partial charge in [0.1, 0.15) is 0 Å². The standard InChI is InChI=1S/C14H18BrNO/c1-10-7-11(9-12(15)8-10)13(17)16-6-4-5-14(16,2)3/h7-9H,4-6H2,1-3H3. The zero-order valence-electron chi connectivity index (χ0n) is 10.6. The molecule has 1 fully saturated rings. The number of amides is 1. The average Bonchev–Trinajstić information content (AvgIpc) is 2.55. The van der Waals surface area contributed by atoms with Crippen molar-refractivity contribution in [2.75, 3.05) is 6.54 Å². The Bertz CT molecular complexity index is 433. The number of benzene rings is 1. The molecule has 0 radical (unpaired) electrons. The molecule has 17 heavy (non-hydrogen) atoms. The predicted molar refractivity (Wildman–Crippen MR) is 73.2 cm³/mol. The maximum atomic E-state index is 12.5. The first-order valence-electron chi connectivity index (χ1n) is 5.99. The SMILES string of the molecule is Cc1cc(Br)cc(C(=O)N2CCCC2(C)C)c1. The molecule has 0 spiro atoms. The Labute approximate surface area is 111 Å². The number of rotatable bonds is 1. The summed E-state index contributed by atoms with van der Waals surface area (Å²) < 4.78 is 0.970. The predicted octanol–water partition coefficient (Wildman–Crippen LogP) is 3.77. The Morgan fingerprint density at radius 2 is 2.06 bits per heavy atom. The Morgan fingerprint density at radius 3 is 2.59 bits per heavy atom. The van der Waals surface area contributed by atoms with Gasteiger partial charge in [0.2, 0.25) is 0 Å². The van der Waals surface area contributed by atoms with Crippen molar-refractivity contribution >= 4 is 21.8 Å². The highest BCUT2D eigenvalue weighted by Crippen LogP contribution is 2.30. The minimum Gasteiger partial charge on any atom is -0.334 e. The lowest BCUT2D eigenvalue weighted by atomic mass is 10.0. The van der Waals surface area contributed by atoms with Crippen LogP contribution in [0.25, 0.3) is 0 Å². The molecule has 1 amide bonds. The first-order valence-corrected chi connectivity index (χ1v) is 6.79. The number of nitrogens with zero attached hydrogens (tertiary/aromatic N) is 1. The van der Waals surface area contributed by atoms with Crippen LogP contribution in [0.1, 0.15) is 42.6 Å². The first-order chi connectivity index (χ1) is 7.90. The van der Waals surface area contributed by atoms with Gasteiger partial charge in [-0.15, -0.1) is 0 Å². The third-order valence-electron chi connectivity index (χ3n) is 3.44. The molecule has 0 bridgehead atoms. The van der Waals surface area contributed by atoms with E-state index in [1.165, 1.54) is 0 Å². The zero-order valence-corrected chi connectivity index (χ0v) is 12.2. The molecule has 0 aliphatic carbocycles. The number of hydrogen-bond donors (Lipinski definition) is 0. The van der Waals surface area contributed by atoms with Crippen LogP contribution < -0.4 is 0 Å². The highest BCUT2D eigenvalue weighted by molar-refractivity contribution is 9.10. The Balaban J connectivity index is 2.31. The van der Waals surface area contributed by atoms with Crippen molar-refractivity contribution in [2.24, 2.45) is 0 Å². The molecule has 1 aromatic carbocycles. The maximum absolute atomic E-state index is 12.5. The fourth-order valence-electron chi connectivity index (χ4n) is 2.50. The topological polar surface area (TPSA) is 20.3 Å². The van der Waals surface area contributed by atoms with Crippen molar-refractivity contribution in [3.05, 3.63) is 33.8 Å². The van der Waals surface area contributed by atoms with Crippen LogP contribution in [-0.4, -0.2) is 22.9 Å². The third kappa shape index (κ3) is 2.54. The van der Waals surface area contributed by atoms with Crippen molar-refractivity contribution in [2.45, 2.75) is 39.2 Å². The van der Waals surface area contributed by atoms with Crippen molar-refractivity contribution in [1.82, 2.24) is 4.90 Å². The van der Waals surface area contributed by atoms with Gasteiger partial charge in [-0.2, -0.15) is 0 Å². The molecular formula is C14H18BrNO. The molecule has 0 N–H and O–H groups in total. The van der Waals surface area contributed by atoms with Gasteiger partial charge in [-0.3, -0.25) is 4.79 Å². The summed E-state index contributed by atoms with van der Waals surface area (Å²) in [7, 11) is 0. The van der Waals surface area contributed by atoms with E-state index in [4.69, 9.17) is 0 Å². The molecule has 92 valence electrons. The fourth-order valence-corrected chi connectivity index (χ4v) is 3.11. The Morgan fingerprint density at radius 1 is 1.35 bits per heavy atom. The van der Waals surface area contributed by atoms with Gasteiger partial charge in [-0.1, -0.05) is 15.9 Å². The molecule has 0 atom stereocenters. The van der Waals surface area contributed by atoms with Crippen LogP contribution in [0.2, 0.25) is 0 Å². The molecular weight excluding hydrogens is 278 g/mol. The van der Waals surface area contributed by atoms with Crippen molar-refractivity contribution in [3.8, 4) is 0 Å². The van der Waals surface area contributed by atoms with Crippen LogP contribution in [-0.2, 0) is 0 Å². The van der Waals surface area contributed by atoms with E-state index in [9.17, 15) is 4.79 Å². The first kappa shape index (κ1) is 12.6. The molecule has 3 heteroatoms. The average molecular weight is 296 g/mol. The van der Waals surface area contributed by atoms with Gasteiger partial charge >= 0.3 is 0 Å². The molecule has 0 unspecified atom stereocenters. The van der Waals surface area contributed by atoms with E-state index < -0.39 is 0 Å². The monoisotopic (exact) mass is 295 g/mol. The second-order valence-corrected chi connectivity index (χ2v) is 6.31. The summed E-state index contributed by atoms with van der Waals surface area (Å²) in [6.45, 7) is 7.17. The molecule has 1 saturated heterocycles. The number of carbonyl (C=O) groups excluding carboxylic acids is 1. The molecule has 2 nitrogen and oxygen atoms in total. The molecule has 0 aromatic heterocycles. The van der Waals surface area contributed by atoms with Crippen LogP contribution in [0.15, 0.2) is 22.7 Å². The van der Waals surface area contributed by atoms with E-state index in [1.54, 1.807) is 0 Å². The smallest absolute Gasteiger partial charge is 0.254 e. The summed E-state index contributed by atoms with van der Waals surface area (Å²) in [4.78, 5) is 14.5. The van der Waals surface area contributed by atoms with Gasteiger partial charge in [0, 0.05) is 22.1 Å². The van der Waals surface area contributed by atoms with Crippen molar-refractivity contribution < 1.29 is 4.79 Å². The zero-order chi connectivity index (χ0) is 12.6. The van der Waals surface area contributed by atoms with E-state index in [0.29, 0.717) is 0 Å². The van der Waals surface area contributed by atoms with E-state index in [1.807, 2.05) is 30.0 Å². The normalized spacial score (nSPS) is 18.5. The van der Waals surface area contributed by atoms with Gasteiger partial charge in [0.25, 0.3) is 5.91 Å². The summed E-state index contributed by atoms with van der Waals surface area (Å²) in [5.41, 5.74) is 1.89. The van der Waals surface area contributed by atoms with Crippen LogP contribution in [0.3, 0.4) is 0 Å². The molecule has 2 rings (SSSR count). The number of aryl methyl sites for hydroxylation is 1. The Kier molecular flexibility index (Phi) is 3.30. The van der Waals surface area contributed by atoms with Crippen molar-refractivity contribution in [1.29, 1.82) is 0 Å². The summed E-state index contributed by atoms with van der Waals surface area (Å²) in [6, 6.07) is 5.89. The quantitative estimate of drug-likeness (QED) is 0.772. The lowest BCUT2D eigenvalue weighted by molar-refractivity contribution is 0.0652. The molecule has 1 heterocycles. The second kappa shape index (κ2) is 4.45. The van der Waals surface area contributed by atoms with Gasteiger partial charge in [0.05, 0.1) is 0 Å². The minimum absolute atomic E-state index is 0.00664. The lowest BCUT2D eigenvalue weighted by Gasteiger charge is -2.31. The van der Waals surface area contributed by atoms with Gasteiger partial charge in [-0.25, -0.2) is 0 Å². The highest BCUT2D eigenvalue weighted by Gasteiger charge is 2.35. The number of carbonyl (C=O) groups is 1.